The predicted molar refractivity (Wildman–Crippen MR) is 145 cm³/mol. The smallest absolute Gasteiger partial charge is 0.306 e. The van der Waals surface area contributed by atoms with Crippen LogP contribution in [0.5, 0.6) is 0 Å². The molecule has 1 heterocycles. The Bertz CT molecular complexity index is 1440. The molecule has 196 valence electrons. The Morgan fingerprint density at radius 3 is 2.32 bits per heavy atom. The van der Waals surface area contributed by atoms with Crippen LogP contribution < -0.4 is 0 Å². The zero-order chi connectivity index (χ0) is 28.0. The summed E-state index contributed by atoms with van der Waals surface area (Å²) in [4.78, 5) is 22.7. The molecule has 0 spiro atoms. The van der Waals surface area contributed by atoms with Crippen molar-refractivity contribution in [2.45, 2.75) is 65.5 Å². The molecule has 1 N–H and O–H groups in total. The lowest BCUT2D eigenvalue weighted by Gasteiger charge is -2.25. The summed E-state index contributed by atoms with van der Waals surface area (Å²) in [5.41, 5.74) is 5.87. The third-order valence-corrected chi connectivity index (χ3v) is 6.95. The molecule has 0 fully saturated rings. The topological polar surface area (TPSA) is 116 Å². The monoisotopic (exact) mass is 531 g/mol. The number of carboxylic acid groups (broad SMARTS) is 1. The van der Waals surface area contributed by atoms with E-state index in [9.17, 15) is 14.9 Å². The Labute approximate surface area is 227 Å². The van der Waals surface area contributed by atoms with E-state index in [4.69, 9.17) is 26.7 Å². The predicted octanol–water partition coefficient (Wildman–Crippen LogP) is 6.34. The third-order valence-electron chi connectivity index (χ3n) is 6.58. The summed E-state index contributed by atoms with van der Waals surface area (Å²) in [6.07, 6.45) is 0.647. The summed E-state index contributed by atoms with van der Waals surface area (Å²) in [6.45, 7) is 8.05. The van der Waals surface area contributed by atoms with Gasteiger partial charge in [0.15, 0.2) is 0 Å². The molecule has 0 unspecified atom stereocenters. The zero-order valence-corrected chi connectivity index (χ0v) is 22.7. The van der Waals surface area contributed by atoms with E-state index in [1.54, 1.807) is 26.0 Å². The number of rotatable bonds is 10. The van der Waals surface area contributed by atoms with Gasteiger partial charge >= 0.3 is 11.9 Å². The first-order valence-electron chi connectivity index (χ1n) is 12.3. The number of aryl methyl sites for hydroxylation is 1. The molecule has 0 aliphatic heterocycles. The van der Waals surface area contributed by atoms with Crippen molar-refractivity contribution in [2.24, 2.45) is 0 Å². The molecule has 8 heteroatoms. The largest absolute Gasteiger partial charge is 0.481 e. The number of aliphatic carboxylic acids is 1. The van der Waals surface area contributed by atoms with Crippen molar-refractivity contribution in [1.29, 1.82) is 10.5 Å². The minimum absolute atomic E-state index is 0.167. The van der Waals surface area contributed by atoms with Crippen molar-refractivity contribution < 1.29 is 19.4 Å². The van der Waals surface area contributed by atoms with Crippen molar-refractivity contribution in [1.82, 2.24) is 4.57 Å². The number of carboxylic acids is 1. The number of hydrogen-bond donors (Lipinski definition) is 1. The van der Waals surface area contributed by atoms with E-state index in [2.05, 4.69) is 16.7 Å². The van der Waals surface area contributed by atoms with Gasteiger partial charge in [0.1, 0.15) is 11.7 Å². The molecule has 0 aliphatic rings. The zero-order valence-electron chi connectivity index (χ0n) is 22.0. The van der Waals surface area contributed by atoms with Gasteiger partial charge in [0.05, 0.1) is 30.0 Å². The van der Waals surface area contributed by atoms with E-state index in [0.717, 1.165) is 33.6 Å². The molecule has 0 bridgehead atoms. The van der Waals surface area contributed by atoms with Crippen molar-refractivity contribution in [2.75, 3.05) is 0 Å². The van der Waals surface area contributed by atoms with E-state index in [1.807, 2.05) is 44.2 Å². The number of esters is 1. The van der Waals surface area contributed by atoms with Crippen LogP contribution >= 0.6 is 11.6 Å². The van der Waals surface area contributed by atoms with Gasteiger partial charge < -0.3 is 14.4 Å². The Balaban J connectivity index is 1.81. The van der Waals surface area contributed by atoms with Crippen LogP contribution in [0.3, 0.4) is 0 Å². The lowest BCUT2D eigenvalue weighted by atomic mass is 9.97. The highest BCUT2D eigenvalue weighted by molar-refractivity contribution is 6.31. The van der Waals surface area contributed by atoms with Crippen molar-refractivity contribution >= 4 is 23.5 Å². The summed E-state index contributed by atoms with van der Waals surface area (Å²) in [7, 11) is 0. The molecule has 0 amide bonds. The molecule has 1 aromatic heterocycles. The Kier molecular flexibility index (Phi) is 8.99. The molecule has 3 aromatic rings. The summed E-state index contributed by atoms with van der Waals surface area (Å²) >= 11 is 6.49. The second-order valence-electron chi connectivity index (χ2n) is 9.86. The van der Waals surface area contributed by atoms with Crippen LogP contribution in [0.15, 0.2) is 42.5 Å². The second-order valence-corrected chi connectivity index (χ2v) is 10.3. The van der Waals surface area contributed by atoms with Crippen LogP contribution in [0.25, 0.3) is 11.1 Å². The summed E-state index contributed by atoms with van der Waals surface area (Å²) in [6, 6.07) is 17.5. The molecule has 0 saturated heterocycles. The van der Waals surface area contributed by atoms with Gasteiger partial charge in [-0.05, 0) is 75.4 Å². The molecular weight excluding hydrogens is 502 g/mol. The van der Waals surface area contributed by atoms with Gasteiger partial charge in [-0.3, -0.25) is 9.59 Å². The molecular formula is C30H30ClN3O4. The Hall–Kier alpha value is -4.07. The Morgan fingerprint density at radius 1 is 1.03 bits per heavy atom. The molecule has 38 heavy (non-hydrogen) atoms. The first-order chi connectivity index (χ1) is 18.0. The van der Waals surface area contributed by atoms with Crippen LogP contribution in [0.4, 0.5) is 0 Å². The highest BCUT2D eigenvalue weighted by Crippen LogP contribution is 2.33. The van der Waals surface area contributed by atoms with Gasteiger partial charge in [-0.2, -0.15) is 10.5 Å². The number of hydrogen-bond acceptors (Lipinski definition) is 5. The summed E-state index contributed by atoms with van der Waals surface area (Å²) in [5.74, 6) is -1.58. The highest BCUT2D eigenvalue weighted by Gasteiger charge is 2.24. The number of halogens is 1. The van der Waals surface area contributed by atoms with E-state index in [1.165, 1.54) is 0 Å². The van der Waals surface area contributed by atoms with Gasteiger partial charge in [-0.25, -0.2) is 0 Å². The molecule has 3 rings (SSSR count). The maximum atomic E-state index is 12.0. The number of benzene rings is 2. The van der Waals surface area contributed by atoms with Gasteiger partial charge in [-0.15, -0.1) is 0 Å². The van der Waals surface area contributed by atoms with Crippen LogP contribution in [0.1, 0.15) is 66.8 Å². The standard InChI is InChI=1S/C30H30ClN3O4/c1-19-25(17-33)29(23-8-5-21(16-32)6-9-23)20(2)34(19)18-22-7-10-26(31)24(15-22)13-14-30(3,4)38-28(37)12-11-27(35)36/h5-10,15H,11-14,18H2,1-4H3,(H,35,36). The van der Waals surface area contributed by atoms with E-state index < -0.39 is 17.5 Å². The number of carbonyl (C=O) groups is 2. The third kappa shape index (κ3) is 6.82. The first-order valence-corrected chi connectivity index (χ1v) is 12.6. The quantitative estimate of drug-likeness (QED) is 0.305. The fourth-order valence-corrected chi connectivity index (χ4v) is 4.69. The fraction of sp³-hybridized carbons (Fsp3) is 0.333. The van der Waals surface area contributed by atoms with E-state index >= 15 is 0 Å². The van der Waals surface area contributed by atoms with E-state index in [-0.39, 0.29) is 12.8 Å². The maximum absolute atomic E-state index is 12.0. The van der Waals surface area contributed by atoms with Gasteiger partial charge in [0.2, 0.25) is 0 Å². The molecule has 0 saturated carbocycles. The van der Waals surface area contributed by atoms with Crippen molar-refractivity contribution in [3.63, 3.8) is 0 Å². The van der Waals surface area contributed by atoms with Crippen LogP contribution in [0.2, 0.25) is 5.02 Å². The number of aromatic nitrogens is 1. The van der Waals surface area contributed by atoms with Gasteiger partial charge in [0.25, 0.3) is 0 Å². The summed E-state index contributed by atoms with van der Waals surface area (Å²) < 4.78 is 7.60. The van der Waals surface area contributed by atoms with Crippen molar-refractivity contribution in [3.8, 4) is 23.3 Å². The van der Waals surface area contributed by atoms with Crippen LogP contribution in [-0.4, -0.2) is 27.2 Å². The minimum atomic E-state index is -1.04. The minimum Gasteiger partial charge on any atom is -0.481 e. The maximum Gasteiger partial charge on any atom is 0.306 e. The van der Waals surface area contributed by atoms with Gasteiger partial charge in [-0.1, -0.05) is 35.9 Å². The lowest BCUT2D eigenvalue weighted by Crippen LogP contribution is -2.29. The number of ether oxygens (including phenoxy) is 1. The fourth-order valence-electron chi connectivity index (χ4n) is 4.48. The molecule has 7 nitrogen and oxygen atoms in total. The number of carbonyl (C=O) groups excluding carboxylic acids is 1. The van der Waals surface area contributed by atoms with Gasteiger partial charge in [0, 0.05) is 28.5 Å². The average molecular weight is 532 g/mol. The molecule has 0 radical (unpaired) electrons. The Morgan fingerprint density at radius 2 is 1.71 bits per heavy atom. The van der Waals surface area contributed by atoms with E-state index in [0.29, 0.717) is 35.5 Å². The lowest BCUT2D eigenvalue weighted by molar-refractivity contribution is -0.159. The molecule has 0 aliphatic carbocycles. The van der Waals surface area contributed by atoms with Crippen molar-refractivity contribution in [3.05, 3.63) is 81.1 Å². The normalized spacial score (nSPS) is 11.0. The molecule has 2 aromatic carbocycles. The molecule has 0 atom stereocenters. The number of nitrogens with zero attached hydrogens (tertiary/aromatic N) is 3. The first kappa shape index (κ1) is 28.5. The SMILES string of the molecule is Cc1c(C#N)c(-c2ccc(C#N)cc2)c(C)n1Cc1ccc(Cl)c(CCC(C)(C)OC(=O)CCC(=O)O)c1. The number of nitriles is 2. The second kappa shape index (κ2) is 12.0. The summed E-state index contributed by atoms with van der Waals surface area (Å²) in [5, 5.41) is 28.4. The van der Waals surface area contributed by atoms with Crippen LogP contribution in [-0.2, 0) is 27.3 Å². The van der Waals surface area contributed by atoms with Crippen LogP contribution in [0, 0.1) is 36.5 Å². The average Bonchev–Trinajstić information content (AvgIpc) is 3.11. The highest BCUT2D eigenvalue weighted by atomic mass is 35.5.